The van der Waals surface area contributed by atoms with Crippen molar-refractivity contribution in [3.63, 3.8) is 0 Å². The number of benzene rings is 2. The van der Waals surface area contributed by atoms with Crippen LogP contribution < -0.4 is 10.9 Å². The van der Waals surface area contributed by atoms with Crippen LogP contribution in [0.3, 0.4) is 0 Å². The number of fused-ring (bicyclic) bond motifs is 2. The second kappa shape index (κ2) is 9.02. The highest BCUT2D eigenvalue weighted by atomic mass is 16.5. The molecule has 0 saturated heterocycles. The largest absolute Gasteiger partial charge is 0.349 e. The van der Waals surface area contributed by atoms with Crippen LogP contribution in [0.5, 0.6) is 0 Å². The Morgan fingerprint density at radius 2 is 2.00 bits per heavy atom. The number of carbonyl (C=O) groups is 1. The van der Waals surface area contributed by atoms with Crippen molar-refractivity contribution in [2.75, 3.05) is 0 Å². The molecule has 0 fully saturated rings. The molecule has 4 aromatic rings. The molecule has 7 heteroatoms. The second-order valence-electron chi connectivity index (χ2n) is 8.46. The molecule has 2 aromatic carbocycles. The molecule has 0 saturated carbocycles. The van der Waals surface area contributed by atoms with E-state index in [4.69, 9.17) is 4.52 Å². The van der Waals surface area contributed by atoms with Crippen molar-refractivity contribution in [1.29, 1.82) is 0 Å². The topological polar surface area (TPSA) is 90.0 Å². The summed E-state index contributed by atoms with van der Waals surface area (Å²) in [6, 6.07) is 16.2. The third kappa shape index (κ3) is 4.18. The van der Waals surface area contributed by atoms with Crippen molar-refractivity contribution in [1.82, 2.24) is 20.0 Å². The van der Waals surface area contributed by atoms with E-state index in [-0.39, 0.29) is 36.1 Å². The second-order valence-corrected chi connectivity index (χ2v) is 8.46. The predicted molar refractivity (Wildman–Crippen MR) is 126 cm³/mol. The van der Waals surface area contributed by atoms with Crippen LogP contribution in [0.15, 0.2) is 64.2 Å². The molecule has 0 aliphatic heterocycles. The highest BCUT2D eigenvalue weighted by molar-refractivity contribution is 5.87. The van der Waals surface area contributed by atoms with E-state index in [0.717, 1.165) is 31.2 Å². The molecular weight excluding hydrogens is 416 g/mol. The molecule has 0 bridgehead atoms. The van der Waals surface area contributed by atoms with Gasteiger partial charge in [0.1, 0.15) is 11.2 Å². The Labute approximate surface area is 191 Å². The third-order valence-corrected chi connectivity index (χ3v) is 6.37. The maximum Gasteiger partial charge on any atom is 0.299 e. The summed E-state index contributed by atoms with van der Waals surface area (Å²) in [5.41, 5.74) is 5.31. The van der Waals surface area contributed by atoms with Crippen LogP contribution in [0, 0.1) is 0 Å². The Morgan fingerprint density at radius 1 is 1.18 bits per heavy atom. The zero-order chi connectivity index (χ0) is 22.8. The zero-order valence-electron chi connectivity index (χ0n) is 18.6. The SMILES string of the molecule is CCc1ccc(-c2noc3c(=O)n(CCC(=O)N[C@H]4CCCc5ccccc54)cnc23)cc1. The van der Waals surface area contributed by atoms with Crippen molar-refractivity contribution < 1.29 is 9.32 Å². The van der Waals surface area contributed by atoms with Crippen molar-refractivity contribution in [3.8, 4) is 11.3 Å². The molecule has 2 aromatic heterocycles. The first-order chi connectivity index (χ1) is 16.1. The highest BCUT2D eigenvalue weighted by Gasteiger charge is 2.22. The van der Waals surface area contributed by atoms with Crippen LogP contribution in [-0.2, 0) is 24.2 Å². The average molecular weight is 443 g/mol. The van der Waals surface area contributed by atoms with Crippen molar-refractivity contribution in [2.24, 2.45) is 0 Å². The van der Waals surface area contributed by atoms with Gasteiger partial charge in [-0.15, -0.1) is 0 Å². The first kappa shape index (κ1) is 21.1. The minimum absolute atomic E-state index is 0.0238. The van der Waals surface area contributed by atoms with Gasteiger partial charge in [0, 0.05) is 18.5 Å². The molecule has 1 aliphatic rings. The van der Waals surface area contributed by atoms with Gasteiger partial charge in [-0.3, -0.25) is 14.2 Å². The van der Waals surface area contributed by atoms with Crippen LogP contribution in [0.25, 0.3) is 22.4 Å². The lowest BCUT2D eigenvalue weighted by molar-refractivity contribution is -0.122. The summed E-state index contributed by atoms with van der Waals surface area (Å²) in [5, 5.41) is 7.21. The monoisotopic (exact) mass is 442 g/mol. The minimum atomic E-state index is -0.334. The van der Waals surface area contributed by atoms with Gasteiger partial charge < -0.3 is 9.84 Å². The quantitative estimate of drug-likeness (QED) is 0.483. The summed E-state index contributed by atoms with van der Waals surface area (Å²) in [4.78, 5) is 29.9. The Bertz CT molecular complexity index is 1350. The van der Waals surface area contributed by atoms with E-state index in [1.165, 1.54) is 27.6 Å². The number of hydrogen-bond donors (Lipinski definition) is 1. The number of rotatable bonds is 6. The van der Waals surface area contributed by atoms with Gasteiger partial charge in [-0.1, -0.05) is 60.6 Å². The van der Waals surface area contributed by atoms with Crippen LogP contribution in [0.4, 0.5) is 0 Å². The van der Waals surface area contributed by atoms with Crippen LogP contribution in [-0.4, -0.2) is 20.6 Å². The average Bonchev–Trinajstić information content (AvgIpc) is 3.29. The van der Waals surface area contributed by atoms with Gasteiger partial charge in [0.2, 0.25) is 5.91 Å². The summed E-state index contributed by atoms with van der Waals surface area (Å²) >= 11 is 0. The normalized spacial score (nSPS) is 15.4. The van der Waals surface area contributed by atoms with E-state index >= 15 is 0 Å². The van der Waals surface area contributed by atoms with Gasteiger partial charge in [-0.05, 0) is 42.4 Å². The third-order valence-electron chi connectivity index (χ3n) is 6.37. The van der Waals surface area contributed by atoms with Gasteiger partial charge in [0.15, 0.2) is 0 Å². The molecule has 2 heterocycles. The van der Waals surface area contributed by atoms with E-state index in [1.807, 2.05) is 36.4 Å². The Kier molecular flexibility index (Phi) is 5.77. The molecule has 0 radical (unpaired) electrons. The van der Waals surface area contributed by atoms with E-state index in [1.54, 1.807) is 0 Å². The number of aryl methyl sites for hydroxylation is 3. The molecule has 33 heavy (non-hydrogen) atoms. The zero-order valence-corrected chi connectivity index (χ0v) is 18.6. The smallest absolute Gasteiger partial charge is 0.299 e. The molecule has 1 N–H and O–H groups in total. The molecule has 7 nitrogen and oxygen atoms in total. The van der Waals surface area contributed by atoms with E-state index < -0.39 is 0 Å². The maximum atomic E-state index is 12.9. The number of carbonyl (C=O) groups excluding carboxylic acids is 1. The Morgan fingerprint density at radius 3 is 2.82 bits per heavy atom. The van der Waals surface area contributed by atoms with Crippen LogP contribution in [0.2, 0.25) is 0 Å². The molecule has 5 rings (SSSR count). The lowest BCUT2D eigenvalue weighted by atomic mass is 9.88. The van der Waals surface area contributed by atoms with Gasteiger partial charge in [-0.25, -0.2) is 4.98 Å². The van der Waals surface area contributed by atoms with Crippen molar-refractivity contribution >= 4 is 17.0 Å². The van der Waals surface area contributed by atoms with E-state index in [9.17, 15) is 9.59 Å². The molecule has 1 aliphatic carbocycles. The van der Waals surface area contributed by atoms with E-state index in [0.29, 0.717) is 11.2 Å². The first-order valence-corrected chi connectivity index (χ1v) is 11.5. The van der Waals surface area contributed by atoms with Gasteiger partial charge in [-0.2, -0.15) is 0 Å². The van der Waals surface area contributed by atoms with Gasteiger partial charge in [0.25, 0.3) is 11.1 Å². The summed E-state index contributed by atoms with van der Waals surface area (Å²) in [6.07, 6.45) is 5.63. The summed E-state index contributed by atoms with van der Waals surface area (Å²) < 4.78 is 6.76. The minimum Gasteiger partial charge on any atom is -0.349 e. The number of aromatic nitrogens is 3. The predicted octanol–water partition coefficient (Wildman–Crippen LogP) is 4.20. The first-order valence-electron chi connectivity index (χ1n) is 11.5. The Hall–Kier alpha value is -3.74. The molecule has 1 amide bonds. The van der Waals surface area contributed by atoms with Crippen LogP contribution >= 0.6 is 0 Å². The molecule has 168 valence electrons. The van der Waals surface area contributed by atoms with Crippen LogP contribution in [0.1, 0.15) is 48.9 Å². The molecule has 1 atom stereocenters. The summed E-state index contributed by atoms with van der Waals surface area (Å²) in [5.74, 6) is -0.0852. The fourth-order valence-corrected chi connectivity index (χ4v) is 4.50. The fraction of sp³-hybridized carbons (Fsp3) is 0.308. The fourth-order valence-electron chi connectivity index (χ4n) is 4.50. The van der Waals surface area contributed by atoms with Crippen molar-refractivity contribution in [3.05, 3.63) is 81.9 Å². The summed E-state index contributed by atoms with van der Waals surface area (Å²) in [7, 11) is 0. The number of amides is 1. The highest BCUT2D eigenvalue weighted by Crippen LogP contribution is 2.29. The summed E-state index contributed by atoms with van der Waals surface area (Å²) in [6.45, 7) is 2.32. The Balaban J connectivity index is 1.29. The maximum absolute atomic E-state index is 12.9. The van der Waals surface area contributed by atoms with Crippen molar-refractivity contribution in [2.45, 2.75) is 51.6 Å². The molecular formula is C26H26N4O3. The van der Waals surface area contributed by atoms with E-state index in [2.05, 4.69) is 34.5 Å². The molecule has 0 unspecified atom stereocenters. The number of hydrogen-bond acceptors (Lipinski definition) is 5. The van der Waals surface area contributed by atoms with Gasteiger partial charge >= 0.3 is 0 Å². The number of nitrogens with one attached hydrogen (secondary N) is 1. The lowest BCUT2D eigenvalue weighted by Gasteiger charge is -2.26. The lowest BCUT2D eigenvalue weighted by Crippen LogP contribution is -2.32. The number of nitrogens with zero attached hydrogens (tertiary/aromatic N) is 3. The standard InChI is InChI=1S/C26H26N4O3/c1-2-17-10-12-19(13-11-17)23-24-25(33-29-23)26(32)30(16-27-24)15-14-22(31)28-21-9-5-7-18-6-3-4-8-20(18)21/h3-4,6,8,10-13,16,21H,2,5,7,9,14-15H2,1H3,(H,28,31)/t21-/m0/s1. The van der Waals surface area contributed by atoms with Gasteiger partial charge in [0.05, 0.1) is 12.4 Å². The molecule has 0 spiro atoms.